The van der Waals surface area contributed by atoms with Crippen molar-refractivity contribution in [2.24, 2.45) is 29.1 Å². The van der Waals surface area contributed by atoms with E-state index in [2.05, 4.69) is 29.8 Å². The standard InChI is InChI=1S/C23H37N3O4/c1-5-24-22(29)26-18-9-11-23(4)10-8-17(20(27)19(23)15(18)3)14(2)21(28)25-13-16-7-6-12-30-16/h6-7,12,14-15,17-20,27H,5,8-11,13H2,1-4H3,(H,25,28)(H2,24,26,29). The number of carbonyl (C=O) groups is 2. The third kappa shape index (κ3) is 4.66. The van der Waals surface area contributed by atoms with Gasteiger partial charge in [0.15, 0.2) is 0 Å². The quantitative estimate of drug-likeness (QED) is 0.569. The lowest BCUT2D eigenvalue weighted by Crippen LogP contribution is -2.59. The number of amides is 3. The fraction of sp³-hybridized carbons (Fsp3) is 0.739. The predicted octanol–water partition coefficient (Wildman–Crippen LogP) is 3.04. The number of carbonyl (C=O) groups excluding carboxylic acids is 2. The summed E-state index contributed by atoms with van der Waals surface area (Å²) >= 11 is 0. The molecule has 168 valence electrons. The minimum Gasteiger partial charge on any atom is -0.467 e. The Morgan fingerprint density at radius 2 is 2.03 bits per heavy atom. The van der Waals surface area contributed by atoms with E-state index < -0.39 is 6.10 Å². The summed E-state index contributed by atoms with van der Waals surface area (Å²) in [5, 5.41) is 20.2. The molecule has 0 bridgehead atoms. The van der Waals surface area contributed by atoms with Gasteiger partial charge >= 0.3 is 6.03 Å². The Hall–Kier alpha value is -2.02. The summed E-state index contributed by atoms with van der Waals surface area (Å²) in [6.45, 7) is 9.14. The van der Waals surface area contributed by atoms with Crippen LogP contribution in [0.15, 0.2) is 22.8 Å². The number of fused-ring (bicyclic) bond motifs is 1. The van der Waals surface area contributed by atoms with Crippen LogP contribution in [0.1, 0.15) is 59.1 Å². The molecule has 7 heteroatoms. The molecule has 3 rings (SSSR count). The molecule has 0 radical (unpaired) electrons. The highest BCUT2D eigenvalue weighted by Gasteiger charge is 2.53. The molecule has 30 heavy (non-hydrogen) atoms. The summed E-state index contributed by atoms with van der Waals surface area (Å²) in [5.74, 6) is 0.473. The highest BCUT2D eigenvalue weighted by Crippen LogP contribution is 2.55. The Labute approximate surface area is 179 Å². The molecule has 7 nitrogen and oxygen atoms in total. The molecule has 2 aliphatic rings. The predicted molar refractivity (Wildman–Crippen MR) is 114 cm³/mol. The lowest BCUT2D eigenvalue weighted by molar-refractivity contribution is -0.142. The van der Waals surface area contributed by atoms with Crippen LogP contribution in [0.4, 0.5) is 4.79 Å². The summed E-state index contributed by atoms with van der Waals surface area (Å²) in [7, 11) is 0. The third-order valence-corrected chi connectivity index (χ3v) is 7.61. The topological polar surface area (TPSA) is 104 Å². The Kier molecular flexibility index (Phi) is 7.11. The van der Waals surface area contributed by atoms with E-state index in [1.165, 1.54) is 0 Å². The van der Waals surface area contributed by atoms with Gasteiger partial charge in [-0.25, -0.2) is 4.79 Å². The van der Waals surface area contributed by atoms with Crippen LogP contribution in [0.5, 0.6) is 0 Å². The summed E-state index contributed by atoms with van der Waals surface area (Å²) < 4.78 is 5.29. The van der Waals surface area contributed by atoms with E-state index in [9.17, 15) is 14.7 Å². The molecule has 7 atom stereocenters. The van der Waals surface area contributed by atoms with Crippen molar-refractivity contribution >= 4 is 11.9 Å². The second-order valence-corrected chi connectivity index (χ2v) is 9.47. The Morgan fingerprint density at radius 3 is 2.70 bits per heavy atom. The van der Waals surface area contributed by atoms with E-state index in [-0.39, 0.29) is 47.1 Å². The summed E-state index contributed by atoms with van der Waals surface area (Å²) in [5.41, 5.74) is 0.0408. The van der Waals surface area contributed by atoms with Crippen molar-refractivity contribution in [2.75, 3.05) is 6.54 Å². The van der Waals surface area contributed by atoms with Crippen LogP contribution >= 0.6 is 0 Å². The monoisotopic (exact) mass is 419 g/mol. The minimum atomic E-state index is -0.568. The molecule has 0 saturated heterocycles. The molecule has 0 spiro atoms. The number of hydrogen-bond acceptors (Lipinski definition) is 4. The fourth-order valence-corrected chi connectivity index (χ4v) is 5.82. The van der Waals surface area contributed by atoms with E-state index in [4.69, 9.17) is 4.42 Å². The highest BCUT2D eigenvalue weighted by molar-refractivity contribution is 5.78. The number of urea groups is 1. The molecule has 1 aromatic rings. The first-order chi connectivity index (χ1) is 14.3. The van der Waals surface area contributed by atoms with Crippen molar-refractivity contribution in [1.29, 1.82) is 0 Å². The summed E-state index contributed by atoms with van der Waals surface area (Å²) in [6.07, 6.45) is 4.75. The average Bonchev–Trinajstić information content (AvgIpc) is 3.22. The second-order valence-electron chi connectivity index (χ2n) is 9.47. The molecular weight excluding hydrogens is 382 g/mol. The molecule has 4 N–H and O–H groups in total. The largest absolute Gasteiger partial charge is 0.467 e. The Bertz CT molecular complexity index is 722. The number of aliphatic hydroxyl groups excluding tert-OH is 1. The first-order valence-electron chi connectivity index (χ1n) is 11.3. The maximum absolute atomic E-state index is 12.8. The lowest BCUT2D eigenvalue weighted by Gasteiger charge is -2.56. The smallest absolute Gasteiger partial charge is 0.315 e. The van der Waals surface area contributed by atoms with Gasteiger partial charge in [-0.3, -0.25) is 4.79 Å². The van der Waals surface area contributed by atoms with Crippen molar-refractivity contribution < 1.29 is 19.1 Å². The SMILES string of the molecule is CCNC(=O)NC1CCC2(C)CCC(C(C)C(=O)NCc3ccco3)C(O)C2C1C. The van der Waals surface area contributed by atoms with Crippen LogP contribution in [-0.2, 0) is 11.3 Å². The second kappa shape index (κ2) is 9.41. The van der Waals surface area contributed by atoms with Crippen LogP contribution < -0.4 is 16.0 Å². The van der Waals surface area contributed by atoms with Gasteiger partial charge in [-0.05, 0) is 67.9 Å². The number of furan rings is 1. The van der Waals surface area contributed by atoms with Crippen molar-refractivity contribution in [1.82, 2.24) is 16.0 Å². The molecule has 7 unspecified atom stereocenters. The van der Waals surface area contributed by atoms with Crippen molar-refractivity contribution in [3.63, 3.8) is 0 Å². The zero-order valence-electron chi connectivity index (χ0n) is 18.6. The average molecular weight is 420 g/mol. The van der Waals surface area contributed by atoms with Gasteiger partial charge in [0.1, 0.15) is 5.76 Å². The fourth-order valence-electron chi connectivity index (χ4n) is 5.82. The van der Waals surface area contributed by atoms with Gasteiger partial charge in [0.05, 0.1) is 18.9 Å². The first-order valence-corrected chi connectivity index (χ1v) is 11.3. The molecule has 0 aromatic carbocycles. The molecule has 1 heterocycles. The minimum absolute atomic E-state index is 0.0334. The Morgan fingerprint density at radius 1 is 1.30 bits per heavy atom. The van der Waals surface area contributed by atoms with E-state index in [1.807, 2.05) is 19.9 Å². The van der Waals surface area contributed by atoms with Gasteiger partial charge in [-0.1, -0.05) is 20.8 Å². The van der Waals surface area contributed by atoms with Gasteiger partial charge in [0, 0.05) is 18.5 Å². The zero-order valence-corrected chi connectivity index (χ0v) is 18.6. The molecular formula is C23H37N3O4. The van der Waals surface area contributed by atoms with Gasteiger partial charge in [0.25, 0.3) is 0 Å². The van der Waals surface area contributed by atoms with Gasteiger partial charge in [-0.2, -0.15) is 0 Å². The van der Waals surface area contributed by atoms with E-state index >= 15 is 0 Å². The Balaban J connectivity index is 1.66. The van der Waals surface area contributed by atoms with Gasteiger partial charge in [-0.15, -0.1) is 0 Å². The van der Waals surface area contributed by atoms with Crippen LogP contribution in [0.25, 0.3) is 0 Å². The highest BCUT2D eigenvalue weighted by atomic mass is 16.3. The maximum Gasteiger partial charge on any atom is 0.315 e. The maximum atomic E-state index is 12.8. The summed E-state index contributed by atoms with van der Waals surface area (Å²) in [4.78, 5) is 24.8. The van der Waals surface area contributed by atoms with Gasteiger partial charge < -0.3 is 25.5 Å². The number of aliphatic hydroxyl groups is 1. The first kappa shape index (κ1) is 22.7. The molecule has 0 aliphatic heterocycles. The van der Waals surface area contributed by atoms with Crippen LogP contribution in [0, 0.1) is 29.1 Å². The molecule has 2 aliphatic carbocycles. The number of hydrogen-bond donors (Lipinski definition) is 4. The lowest BCUT2D eigenvalue weighted by atomic mass is 9.52. The normalized spacial score (nSPS) is 34.5. The van der Waals surface area contributed by atoms with E-state index in [1.54, 1.807) is 12.3 Å². The van der Waals surface area contributed by atoms with E-state index in [0.29, 0.717) is 18.8 Å². The van der Waals surface area contributed by atoms with Crippen molar-refractivity contribution in [2.45, 2.75) is 72.1 Å². The van der Waals surface area contributed by atoms with Crippen molar-refractivity contribution in [3.8, 4) is 0 Å². The van der Waals surface area contributed by atoms with Crippen LogP contribution in [0.2, 0.25) is 0 Å². The zero-order chi connectivity index (χ0) is 21.9. The summed E-state index contributed by atoms with van der Waals surface area (Å²) in [6, 6.07) is 3.51. The number of nitrogens with one attached hydrogen (secondary N) is 3. The van der Waals surface area contributed by atoms with Crippen molar-refractivity contribution in [3.05, 3.63) is 24.2 Å². The molecule has 3 amide bonds. The number of rotatable bonds is 6. The van der Waals surface area contributed by atoms with Crippen LogP contribution in [-0.4, -0.2) is 35.7 Å². The molecule has 2 saturated carbocycles. The molecule has 2 fully saturated rings. The third-order valence-electron chi connectivity index (χ3n) is 7.61. The van der Waals surface area contributed by atoms with E-state index in [0.717, 1.165) is 25.7 Å². The van der Waals surface area contributed by atoms with Gasteiger partial charge in [0.2, 0.25) is 5.91 Å². The molecule has 1 aromatic heterocycles. The van der Waals surface area contributed by atoms with Crippen LogP contribution in [0.3, 0.4) is 0 Å².